The predicted molar refractivity (Wildman–Crippen MR) is 115 cm³/mol. The summed E-state index contributed by atoms with van der Waals surface area (Å²) in [7, 11) is 0. The van der Waals surface area contributed by atoms with Crippen LogP contribution >= 0.6 is 0 Å². The van der Waals surface area contributed by atoms with Gasteiger partial charge in [-0.2, -0.15) is 0 Å². The first kappa shape index (κ1) is 19.5. The molecular weight excluding hydrogens is 382 g/mol. The fraction of sp³-hybridized carbons (Fsp3) is 0.167. The van der Waals surface area contributed by atoms with Gasteiger partial charge in [-0.3, -0.25) is 9.59 Å². The van der Waals surface area contributed by atoms with Crippen molar-refractivity contribution in [1.29, 1.82) is 0 Å². The number of carbonyl (C=O) groups is 1. The molecule has 6 heteroatoms. The minimum atomic E-state index is -0.886. The van der Waals surface area contributed by atoms with E-state index in [2.05, 4.69) is 5.32 Å². The number of amides is 1. The predicted octanol–water partition coefficient (Wildman–Crippen LogP) is 5.16. The number of carbonyl (C=O) groups excluding carboxylic acids is 1. The number of rotatable bonds is 6. The number of para-hydroxylation sites is 1. The molecule has 0 saturated heterocycles. The first-order valence-corrected chi connectivity index (χ1v) is 9.70. The third kappa shape index (κ3) is 3.85. The summed E-state index contributed by atoms with van der Waals surface area (Å²) in [5.41, 5.74) is 1.75. The van der Waals surface area contributed by atoms with Gasteiger partial charge in [-0.1, -0.05) is 31.2 Å². The molecule has 1 N–H and O–H groups in total. The number of hydrogen-bond donors (Lipinski definition) is 1. The number of aryl methyl sites for hydroxylation is 1. The van der Waals surface area contributed by atoms with Gasteiger partial charge in [-0.25, -0.2) is 0 Å². The summed E-state index contributed by atoms with van der Waals surface area (Å²) in [6, 6.07) is 17.7. The molecule has 2 aromatic carbocycles. The molecule has 30 heavy (non-hydrogen) atoms. The highest BCUT2D eigenvalue weighted by molar-refractivity contribution is 5.94. The molecule has 152 valence electrons. The Morgan fingerprint density at radius 2 is 1.93 bits per heavy atom. The van der Waals surface area contributed by atoms with Crippen molar-refractivity contribution in [2.45, 2.75) is 26.4 Å². The van der Waals surface area contributed by atoms with Crippen LogP contribution in [-0.4, -0.2) is 12.0 Å². The van der Waals surface area contributed by atoms with Crippen molar-refractivity contribution in [2.24, 2.45) is 0 Å². The molecule has 0 bridgehead atoms. The van der Waals surface area contributed by atoms with E-state index < -0.39 is 6.10 Å². The third-order valence-corrected chi connectivity index (χ3v) is 4.71. The van der Waals surface area contributed by atoms with Crippen LogP contribution < -0.4 is 15.5 Å². The topological polar surface area (TPSA) is 81.7 Å². The second-order valence-corrected chi connectivity index (χ2v) is 6.94. The van der Waals surface area contributed by atoms with Gasteiger partial charge >= 0.3 is 0 Å². The van der Waals surface area contributed by atoms with Crippen LogP contribution in [0, 0.1) is 6.92 Å². The van der Waals surface area contributed by atoms with Crippen molar-refractivity contribution in [3.63, 3.8) is 0 Å². The Morgan fingerprint density at radius 1 is 1.10 bits per heavy atom. The van der Waals surface area contributed by atoms with E-state index in [9.17, 15) is 9.59 Å². The Kier molecular flexibility index (Phi) is 5.39. The fourth-order valence-electron chi connectivity index (χ4n) is 3.21. The number of furan rings is 1. The molecule has 0 spiro atoms. The number of nitrogens with one attached hydrogen (secondary N) is 1. The molecule has 0 aliphatic heterocycles. The minimum Gasteiger partial charge on any atom is -0.473 e. The van der Waals surface area contributed by atoms with Crippen molar-refractivity contribution < 1.29 is 18.4 Å². The van der Waals surface area contributed by atoms with E-state index in [4.69, 9.17) is 13.6 Å². The SMILES string of the molecule is CCC(Oc1c(-c2ccco2)oc2ccccc2c1=O)C(=O)Nc1cccc(C)c1. The lowest BCUT2D eigenvalue weighted by atomic mass is 10.1. The third-order valence-electron chi connectivity index (χ3n) is 4.71. The van der Waals surface area contributed by atoms with E-state index in [1.807, 2.05) is 32.0 Å². The second kappa shape index (κ2) is 8.29. The molecule has 1 atom stereocenters. The highest BCUT2D eigenvalue weighted by Crippen LogP contribution is 2.32. The van der Waals surface area contributed by atoms with Gasteiger partial charge in [0.1, 0.15) is 5.58 Å². The highest BCUT2D eigenvalue weighted by Gasteiger charge is 2.26. The van der Waals surface area contributed by atoms with E-state index in [1.54, 1.807) is 42.5 Å². The summed E-state index contributed by atoms with van der Waals surface area (Å²) in [5, 5.41) is 3.22. The molecule has 0 fully saturated rings. The quantitative estimate of drug-likeness (QED) is 0.481. The van der Waals surface area contributed by atoms with Crippen molar-refractivity contribution in [3.8, 4) is 17.3 Å². The molecule has 0 aliphatic rings. The smallest absolute Gasteiger partial charge is 0.265 e. The van der Waals surface area contributed by atoms with Crippen LogP contribution in [-0.2, 0) is 4.79 Å². The van der Waals surface area contributed by atoms with E-state index in [1.165, 1.54) is 6.26 Å². The highest BCUT2D eigenvalue weighted by atomic mass is 16.5. The lowest BCUT2D eigenvalue weighted by molar-refractivity contribution is -0.122. The number of hydrogen-bond acceptors (Lipinski definition) is 5. The van der Waals surface area contributed by atoms with Crippen molar-refractivity contribution in [2.75, 3.05) is 5.32 Å². The largest absolute Gasteiger partial charge is 0.473 e. The first-order chi connectivity index (χ1) is 14.6. The summed E-state index contributed by atoms with van der Waals surface area (Å²) in [6.07, 6.45) is 0.959. The maximum atomic E-state index is 13.2. The molecule has 0 aliphatic carbocycles. The molecule has 4 rings (SSSR count). The van der Waals surface area contributed by atoms with Crippen LogP contribution in [0.1, 0.15) is 18.9 Å². The number of benzene rings is 2. The maximum Gasteiger partial charge on any atom is 0.265 e. The van der Waals surface area contributed by atoms with Crippen molar-refractivity contribution >= 4 is 22.6 Å². The lowest BCUT2D eigenvalue weighted by Crippen LogP contribution is -2.34. The average molecular weight is 403 g/mol. The number of ether oxygens (including phenoxy) is 1. The summed E-state index contributed by atoms with van der Waals surface area (Å²) in [6.45, 7) is 3.76. The second-order valence-electron chi connectivity index (χ2n) is 6.94. The Bertz CT molecular complexity index is 1240. The molecule has 0 radical (unpaired) electrons. The molecule has 0 saturated carbocycles. The number of fused-ring (bicyclic) bond motifs is 1. The van der Waals surface area contributed by atoms with E-state index in [0.717, 1.165) is 5.56 Å². The van der Waals surface area contributed by atoms with Crippen LogP contribution in [0.2, 0.25) is 0 Å². The zero-order chi connectivity index (χ0) is 21.1. The van der Waals surface area contributed by atoms with Crippen LogP contribution in [0.25, 0.3) is 22.5 Å². The molecule has 6 nitrogen and oxygen atoms in total. The van der Waals surface area contributed by atoms with Gasteiger partial charge in [-0.05, 0) is 55.3 Å². The van der Waals surface area contributed by atoms with Crippen LogP contribution in [0.4, 0.5) is 5.69 Å². The van der Waals surface area contributed by atoms with Gasteiger partial charge in [0.05, 0.1) is 11.6 Å². The van der Waals surface area contributed by atoms with E-state index in [-0.39, 0.29) is 22.8 Å². The Hall–Kier alpha value is -3.80. The van der Waals surface area contributed by atoms with Crippen LogP contribution in [0.15, 0.2) is 80.6 Å². The maximum absolute atomic E-state index is 13.2. The van der Waals surface area contributed by atoms with Crippen LogP contribution in [0.5, 0.6) is 5.75 Å². The fourth-order valence-corrected chi connectivity index (χ4v) is 3.21. The Morgan fingerprint density at radius 3 is 2.67 bits per heavy atom. The molecule has 1 unspecified atom stereocenters. The summed E-state index contributed by atoms with van der Waals surface area (Å²) < 4.78 is 17.3. The zero-order valence-electron chi connectivity index (χ0n) is 16.7. The number of anilines is 1. The lowest BCUT2D eigenvalue weighted by Gasteiger charge is -2.18. The van der Waals surface area contributed by atoms with Gasteiger partial charge in [0, 0.05) is 5.69 Å². The summed E-state index contributed by atoms with van der Waals surface area (Å²) in [4.78, 5) is 26.0. The average Bonchev–Trinajstić information content (AvgIpc) is 3.28. The standard InChI is InChI=1S/C24H21NO5/c1-3-18(24(27)25-16-9-6-8-15(2)14-16)29-23-21(26)17-10-4-5-11-19(17)30-22(23)20-12-7-13-28-20/h4-14,18H,3H2,1-2H3,(H,25,27). The van der Waals surface area contributed by atoms with Gasteiger partial charge in [0.15, 0.2) is 11.9 Å². The molecular formula is C24H21NO5. The van der Waals surface area contributed by atoms with E-state index in [0.29, 0.717) is 28.8 Å². The normalized spacial score (nSPS) is 11.9. The van der Waals surface area contributed by atoms with Gasteiger partial charge in [-0.15, -0.1) is 0 Å². The molecule has 4 aromatic rings. The van der Waals surface area contributed by atoms with Gasteiger partial charge in [0.2, 0.25) is 16.9 Å². The van der Waals surface area contributed by atoms with Crippen LogP contribution in [0.3, 0.4) is 0 Å². The Labute approximate surface area is 173 Å². The van der Waals surface area contributed by atoms with Crippen molar-refractivity contribution in [3.05, 3.63) is 82.7 Å². The minimum absolute atomic E-state index is 0.0464. The van der Waals surface area contributed by atoms with Gasteiger partial charge < -0.3 is 18.9 Å². The first-order valence-electron chi connectivity index (χ1n) is 9.70. The molecule has 2 heterocycles. The van der Waals surface area contributed by atoms with Crippen molar-refractivity contribution in [1.82, 2.24) is 0 Å². The monoisotopic (exact) mass is 403 g/mol. The summed E-state index contributed by atoms with van der Waals surface area (Å²) >= 11 is 0. The van der Waals surface area contributed by atoms with Gasteiger partial charge in [0.25, 0.3) is 5.91 Å². The van der Waals surface area contributed by atoms with E-state index >= 15 is 0 Å². The molecule has 1 amide bonds. The summed E-state index contributed by atoms with van der Waals surface area (Å²) in [5.74, 6) is 0.114. The Balaban J connectivity index is 1.72. The zero-order valence-corrected chi connectivity index (χ0v) is 16.7. The molecule has 2 aromatic heterocycles.